The van der Waals surface area contributed by atoms with Gasteiger partial charge in [0.1, 0.15) is 17.2 Å². The van der Waals surface area contributed by atoms with Crippen LogP contribution in [0.2, 0.25) is 0 Å². The summed E-state index contributed by atoms with van der Waals surface area (Å²) in [5.41, 5.74) is 11.8. The number of nitrogens with two attached hydrogens (primary N) is 2. The number of rotatable bonds is 7. The SMILES string of the molecule is CCCC(=O)Oc1ccccc1N=Nc1ccc(NC(=O)CN)nc1N. The first-order valence-electron chi connectivity index (χ1n) is 8.01. The largest absolute Gasteiger partial charge is 0.424 e. The van der Waals surface area contributed by atoms with Crippen molar-refractivity contribution in [3.8, 4) is 5.75 Å². The van der Waals surface area contributed by atoms with Gasteiger partial charge in [0.15, 0.2) is 11.6 Å². The molecule has 0 saturated heterocycles. The number of carbonyl (C=O) groups is 2. The van der Waals surface area contributed by atoms with Gasteiger partial charge in [-0.05, 0) is 30.7 Å². The van der Waals surface area contributed by atoms with Crippen LogP contribution in [0, 0.1) is 0 Å². The van der Waals surface area contributed by atoms with Crippen LogP contribution in [0.4, 0.5) is 23.0 Å². The number of carbonyl (C=O) groups excluding carboxylic acids is 2. The third-order valence-corrected chi connectivity index (χ3v) is 3.16. The third-order valence-electron chi connectivity index (χ3n) is 3.16. The lowest BCUT2D eigenvalue weighted by Crippen LogP contribution is -2.22. The van der Waals surface area contributed by atoms with Gasteiger partial charge in [0.2, 0.25) is 5.91 Å². The Balaban J connectivity index is 2.17. The van der Waals surface area contributed by atoms with E-state index in [0.717, 1.165) is 0 Å². The van der Waals surface area contributed by atoms with Gasteiger partial charge in [0, 0.05) is 6.42 Å². The van der Waals surface area contributed by atoms with Crippen LogP contribution in [-0.2, 0) is 9.59 Å². The highest BCUT2D eigenvalue weighted by Gasteiger charge is 2.09. The number of ether oxygens (including phenoxy) is 1. The fourth-order valence-corrected chi connectivity index (χ4v) is 1.93. The number of hydrogen-bond acceptors (Lipinski definition) is 8. The zero-order valence-electron chi connectivity index (χ0n) is 14.3. The maximum absolute atomic E-state index is 11.7. The molecule has 0 aliphatic heterocycles. The average Bonchev–Trinajstić information content (AvgIpc) is 2.62. The third kappa shape index (κ3) is 5.35. The van der Waals surface area contributed by atoms with Crippen molar-refractivity contribution in [2.45, 2.75) is 19.8 Å². The molecule has 0 radical (unpaired) electrons. The Morgan fingerprint density at radius 3 is 2.58 bits per heavy atom. The molecule has 2 rings (SSSR count). The van der Waals surface area contributed by atoms with Crippen molar-refractivity contribution in [2.75, 3.05) is 17.6 Å². The molecule has 1 amide bonds. The van der Waals surface area contributed by atoms with Gasteiger partial charge in [0.05, 0.1) is 6.54 Å². The molecule has 1 aromatic heterocycles. The summed E-state index contributed by atoms with van der Waals surface area (Å²) < 4.78 is 5.28. The fraction of sp³-hybridized carbons (Fsp3) is 0.235. The first-order valence-corrected chi connectivity index (χ1v) is 8.01. The number of para-hydroxylation sites is 1. The zero-order chi connectivity index (χ0) is 18.9. The Kier molecular flexibility index (Phi) is 6.75. The summed E-state index contributed by atoms with van der Waals surface area (Å²) in [5, 5.41) is 10.6. The van der Waals surface area contributed by atoms with E-state index in [1.807, 2.05) is 6.92 Å². The maximum Gasteiger partial charge on any atom is 0.311 e. The standard InChI is InChI=1S/C17H20N6O3/c1-2-5-16(25)26-13-7-4-3-6-11(13)22-23-12-8-9-14(21-17(12)19)20-15(24)10-18/h3-4,6-9H,2,5,10,18H2,1H3,(H3,19,20,21,24). The Bertz CT molecular complexity index is 822. The van der Waals surface area contributed by atoms with Crippen LogP contribution in [0.3, 0.4) is 0 Å². The van der Waals surface area contributed by atoms with Gasteiger partial charge in [0.25, 0.3) is 0 Å². The molecular weight excluding hydrogens is 336 g/mol. The summed E-state index contributed by atoms with van der Waals surface area (Å²) in [5.74, 6) is -0.0479. The molecule has 1 heterocycles. The van der Waals surface area contributed by atoms with Crippen molar-refractivity contribution in [3.63, 3.8) is 0 Å². The van der Waals surface area contributed by atoms with E-state index in [1.54, 1.807) is 30.3 Å². The minimum Gasteiger partial charge on any atom is -0.424 e. The Morgan fingerprint density at radius 2 is 1.88 bits per heavy atom. The predicted molar refractivity (Wildman–Crippen MR) is 97.5 cm³/mol. The summed E-state index contributed by atoms with van der Waals surface area (Å²) in [4.78, 5) is 27.0. The number of pyridine rings is 1. The molecule has 0 unspecified atom stereocenters. The average molecular weight is 356 g/mol. The number of nitrogens with one attached hydrogen (secondary N) is 1. The number of azo groups is 1. The molecule has 26 heavy (non-hydrogen) atoms. The second-order valence-corrected chi connectivity index (χ2v) is 5.24. The van der Waals surface area contributed by atoms with Gasteiger partial charge in [-0.15, -0.1) is 10.2 Å². The number of benzene rings is 1. The molecule has 0 fully saturated rings. The van der Waals surface area contributed by atoms with Gasteiger partial charge in [-0.25, -0.2) is 4.98 Å². The molecule has 0 atom stereocenters. The van der Waals surface area contributed by atoms with Crippen LogP contribution in [0.5, 0.6) is 5.75 Å². The highest BCUT2D eigenvalue weighted by Crippen LogP contribution is 2.30. The van der Waals surface area contributed by atoms with Crippen LogP contribution in [0.15, 0.2) is 46.6 Å². The van der Waals surface area contributed by atoms with E-state index < -0.39 is 0 Å². The number of hydrogen-bond donors (Lipinski definition) is 3. The molecule has 0 aliphatic rings. The van der Waals surface area contributed by atoms with E-state index in [9.17, 15) is 9.59 Å². The van der Waals surface area contributed by atoms with Crippen molar-refractivity contribution in [1.29, 1.82) is 0 Å². The molecule has 9 heteroatoms. The molecule has 1 aromatic carbocycles. The monoisotopic (exact) mass is 356 g/mol. The van der Waals surface area contributed by atoms with Crippen LogP contribution >= 0.6 is 0 Å². The van der Waals surface area contributed by atoms with Crippen molar-refractivity contribution in [2.24, 2.45) is 16.0 Å². The molecule has 9 nitrogen and oxygen atoms in total. The van der Waals surface area contributed by atoms with Gasteiger partial charge >= 0.3 is 5.97 Å². The maximum atomic E-state index is 11.7. The van der Waals surface area contributed by atoms with E-state index in [0.29, 0.717) is 30.0 Å². The van der Waals surface area contributed by atoms with Gasteiger partial charge in [-0.2, -0.15) is 0 Å². The Labute approximate surface area is 150 Å². The minimum absolute atomic E-state index is 0.0871. The highest BCUT2D eigenvalue weighted by molar-refractivity contribution is 5.91. The zero-order valence-corrected chi connectivity index (χ0v) is 14.3. The number of anilines is 2. The van der Waals surface area contributed by atoms with Crippen molar-refractivity contribution < 1.29 is 14.3 Å². The number of esters is 1. The van der Waals surface area contributed by atoms with Crippen molar-refractivity contribution in [1.82, 2.24) is 4.98 Å². The number of amides is 1. The van der Waals surface area contributed by atoms with Crippen LogP contribution in [-0.4, -0.2) is 23.4 Å². The molecule has 5 N–H and O–H groups in total. The molecular formula is C17H20N6O3. The van der Waals surface area contributed by atoms with Crippen LogP contribution < -0.4 is 21.5 Å². The summed E-state index contributed by atoms with van der Waals surface area (Å²) in [6.07, 6.45) is 1.01. The minimum atomic E-state index is -0.380. The molecule has 0 spiro atoms. The summed E-state index contributed by atoms with van der Waals surface area (Å²) in [6.45, 7) is 1.73. The lowest BCUT2D eigenvalue weighted by Gasteiger charge is -2.06. The lowest BCUT2D eigenvalue weighted by molar-refractivity contribution is -0.134. The van der Waals surface area contributed by atoms with E-state index in [2.05, 4.69) is 20.5 Å². The number of nitrogens with zero attached hydrogens (tertiary/aromatic N) is 3. The van der Waals surface area contributed by atoms with E-state index in [-0.39, 0.29) is 30.1 Å². The van der Waals surface area contributed by atoms with Crippen LogP contribution in [0.25, 0.3) is 0 Å². The summed E-state index contributed by atoms with van der Waals surface area (Å²) in [7, 11) is 0. The number of aromatic nitrogens is 1. The quantitative estimate of drug-likeness (QED) is 0.395. The normalized spacial score (nSPS) is 10.7. The Hall–Kier alpha value is -3.33. The molecule has 2 aromatic rings. The first kappa shape index (κ1) is 19.0. The summed E-state index contributed by atoms with van der Waals surface area (Å²) in [6, 6.07) is 9.87. The second kappa shape index (κ2) is 9.23. The number of nitrogen functional groups attached to an aromatic ring is 1. The van der Waals surface area contributed by atoms with E-state index in [1.165, 1.54) is 6.07 Å². The van der Waals surface area contributed by atoms with Gasteiger partial charge in [-0.1, -0.05) is 19.1 Å². The van der Waals surface area contributed by atoms with Crippen molar-refractivity contribution in [3.05, 3.63) is 36.4 Å². The smallest absolute Gasteiger partial charge is 0.311 e. The molecule has 136 valence electrons. The molecule has 0 saturated carbocycles. The lowest BCUT2D eigenvalue weighted by atomic mass is 10.3. The van der Waals surface area contributed by atoms with Gasteiger partial charge < -0.3 is 21.5 Å². The molecule has 0 bridgehead atoms. The van der Waals surface area contributed by atoms with Gasteiger partial charge in [-0.3, -0.25) is 9.59 Å². The fourth-order valence-electron chi connectivity index (χ4n) is 1.93. The Morgan fingerprint density at radius 1 is 1.15 bits per heavy atom. The van der Waals surface area contributed by atoms with Crippen molar-refractivity contribution >= 4 is 34.9 Å². The van der Waals surface area contributed by atoms with E-state index in [4.69, 9.17) is 16.2 Å². The highest BCUT2D eigenvalue weighted by atomic mass is 16.5. The van der Waals surface area contributed by atoms with Crippen LogP contribution in [0.1, 0.15) is 19.8 Å². The first-order chi connectivity index (χ1) is 12.5. The topological polar surface area (TPSA) is 145 Å². The summed E-state index contributed by atoms with van der Waals surface area (Å²) >= 11 is 0. The predicted octanol–water partition coefficient (Wildman–Crippen LogP) is 2.68. The molecule has 0 aliphatic carbocycles. The second-order valence-electron chi connectivity index (χ2n) is 5.24. The van der Waals surface area contributed by atoms with E-state index >= 15 is 0 Å².